The molecule has 4 heteroatoms. The lowest BCUT2D eigenvalue weighted by Gasteiger charge is -2.25. The summed E-state index contributed by atoms with van der Waals surface area (Å²) in [7, 11) is 0. The first-order valence-electron chi connectivity index (χ1n) is 5.08. The van der Waals surface area contributed by atoms with Gasteiger partial charge >= 0.3 is 5.97 Å². The van der Waals surface area contributed by atoms with E-state index in [0.29, 0.717) is 6.61 Å². The highest BCUT2D eigenvalue weighted by Crippen LogP contribution is 2.02. The molecule has 0 N–H and O–H groups in total. The van der Waals surface area contributed by atoms with Crippen LogP contribution < -0.4 is 0 Å². The number of esters is 1. The highest BCUT2D eigenvalue weighted by Gasteiger charge is 2.19. The molecule has 0 aromatic carbocycles. The second kappa shape index (κ2) is 7.04. The van der Waals surface area contributed by atoms with Crippen LogP contribution in [0.1, 0.15) is 27.2 Å². The zero-order valence-electron chi connectivity index (χ0n) is 9.66. The molecule has 0 unspecified atom stereocenters. The fourth-order valence-electron chi connectivity index (χ4n) is 1.15. The molecule has 86 valence electrons. The molecule has 0 saturated heterocycles. The van der Waals surface area contributed by atoms with Crippen molar-refractivity contribution < 1.29 is 14.3 Å². The highest BCUT2D eigenvalue weighted by atomic mass is 16.5. The topological polar surface area (TPSA) is 46.6 Å². The van der Waals surface area contributed by atoms with Crippen LogP contribution in [0.25, 0.3) is 0 Å². The van der Waals surface area contributed by atoms with Crippen molar-refractivity contribution in [1.29, 1.82) is 0 Å². The third-order valence-electron chi connectivity index (χ3n) is 1.87. The van der Waals surface area contributed by atoms with Crippen LogP contribution >= 0.6 is 0 Å². The lowest BCUT2D eigenvalue weighted by Crippen LogP contribution is -2.40. The van der Waals surface area contributed by atoms with E-state index in [1.807, 2.05) is 13.8 Å². The van der Waals surface area contributed by atoms with Crippen molar-refractivity contribution in [3.05, 3.63) is 12.7 Å². The molecule has 0 bridgehead atoms. The van der Waals surface area contributed by atoms with Crippen LogP contribution in [0, 0.1) is 0 Å². The van der Waals surface area contributed by atoms with Crippen LogP contribution in [0.15, 0.2) is 12.7 Å². The average Bonchev–Trinajstić information content (AvgIpc) is 2.14. The van der Waals surface area contributed by atoms with E-state index in [4.69, 9.17) is 4.74 Å². The predicted octanol–water partition coefficient (Wildman–Crippen LogP) is 1.36. The van der Waals surface area contributed by atoms with Gasteiger partial charge in [-0.2, -0.15) is 0 Å². The number of nitrogens with zero attached hydrogens (tertiary/aromatic N) is 1. The van der Waals surface area contributed by atoms with E-state index in [9.17, 15) is 9.59 Å². The maximum atomic E-state index is 11.6. The van der Waals surface area contributed by atoms with Crippen molar-refractivity contribution in [2.45, 2.75) is 33.2 Å². The lowest BCUT2D eigenvalue weighted by molar-refractivity contribution is -0.149. The van der Waals surface area contributed by atoms with E-state index in [-0.39, 0.29) is 30.9 Å². The molecule has 0 aromatic heterocycles. The second-order valence-corrected chi connectivity index (χ2v) is 3.41. The van der Waals surface area contributed by atoms with E-state index >= 15 is 0 Å². The minimum absolute atomic E-state index is 0.0121. The number of carbonyl (C=O) groups excluding carboxylic acids is 2. The number of rotatable bonds is 6. The number of amides is 1. The molecule has 0 saturated carbocycles. The molecule has 0 rings (SSSR count). The molecule has 0 aliphatic carbocycles. The zero-order valence-corrected chi connectivity index (χ0v) is 9.66. The van der Waals surface area contributed by atoms with Gasteiger partial charge in [-0.05, 0) is 20.8 Å². The van der Waals surface area contributed by atoms with Gasteiger partial charge in [0.05, 0.1) is 6.61 Å². The maximum absolute atomic E-state index is 11.6. The van der Waals surface area contributed by atoms with E-state index in [2.05, 4.69) is 6.58 Å². The standard InChI is InChI=1S/C11H19NO3/c1-5-7-10(13)12(9(3)4)8-11(14)15-6-2/h5,9H,1,6-8H2,2-4H3. The summed E-state index contributed by atoms with van der Waals surface area (Å²) in [5.74, 6) is -0.475. The Hall–Kier alpha value is -1.32. The third kappa shape index (κ3) is 5.20. The smallest absolute Gasteiger partial charge is 0.325 e. The van der Waals surface area contributed by atoms with Crippen molar-refractivity contribution in [1.82, 2.24) is 4.90 Å². The summed E-state index contributed by atoms with van der Waals surface area (Å²) >= 11 is 0. The third-order valence-corrected chi connectivity index (χ3v) is 1.87. The van der Waals surface area contributed by atoms with Gasteiger partial charge in [0.1, 0.15) is 6.54 Å². The molecule has 0 spiro atoms. The molecule has 0 atom stereocenters. The summed E-state index contributed by atoms with van der Waals surface area (Å²) < 4.78 is 4.79. The lowest BCUT2D eigenvalue weighted by atomic mass is 10.2. The molecular formula is C11H19NO3. The summed E-state index contributed by atoms with van der Waals surface area (Å²) in [6, 6.07) is -0.0122. The molecule has 0 aliphatic heterocycles. The number of carbonyl (C=O) groups is 2. The van der Waals surface area contributed by atoms with Crippen LogP contribution in [0.3, 0.4) is 0 Å². The molecular weight excluding hydrogens is 194 g/mol. The van der Waals surface area contributed by atoms with Crippen LogP contribution in [0.4, 0.5) is 0 Å². The van der Waals surface area contributed by atoms with Gasteiger partial charge in [0.2, 0.25) is 5.91 Å². The van der Waals surface area contributed by atoms with E-state index in [1.165, 1.54) is 11.0 Å². The van der Waals surface area contributed by atoms with Crippen molar-refractivity contribution in [3.63, 3.8) is 0 Å². The fourth-order valence-corrected chi connectivity index (χ4v) is 1.15. The molecule has 0 aliphatic rings. The molecule has 1 amide bonds. The number of hydrogen-bond donors (Lipinski definition) is 0. The molecule has 4 nitrogen and oxygen atoms in total. The average molecular weight is 213 g/mol. The Morgan fingerprint density at radius 3 is 2.47 bits per heavy atom. The Morgan fingerprint density at radius 2 is 2.07 bits per heavy atom. The van der Waals surface area contributed by atoms with Crippen molar-refractivity contribution in [2.75, 3.05) is 13.2 Å². The van der Waals surface area contributed by atoms with E-state index in [1.54, 1.807) is 6.92 Å². The van der Waals surface area contributed by atoms with Gasteiger partial charge in [0.25, 0.3) is 0 Å². The minimum Gasteiger partial charge on any atom is -0.465 e. The molecule has 0 fully saturated rings. The number of ether oxygens (including phenoxy) is 1. The van der Waals surface area contributed by atoms with Crippen LogP contribution in [-0.2, 0) is 14.3 Å². The Balaban J connectivity index is 4.33. The maximum Gasteiger partial charge on any atom is 0.325 e. The van der Waals surface area contributed by atoms with E-state index < -0.39 is 0 Å². The largest absolute Gasteiger partial charge is 0.465 e. The molecule has 0 aromatic rings. The summed E-state index contributed by atoms with van der Waals surface area (Å²) in [6.45, 7) is 9.30. The van der Waals surface area contributed by atoms with Gasteiger partial charge in [-0.3, -0.25) is 9.59 Å². The Kier molecular flexibility index (Phi) is 6.42. The van der Waals surface area contributed by atoms with Gasteiger partial charge in [-0.1, -0.05) is 6.08 Å². The van der Waals surface area contributed by atoms with Crippen LogP contribution in [-0.4, -0.2) is 36.0 Å². The first-order valence-corrected chi connectivity index (χ1v) is 5.08. The van der Waals surface area contributed by atoms with Gasteiger partial charge in [-0.15, -0.1) is 6.58 Å². The van der Waals surface area contributed by atoms with Crippen LogP contribution in [0.5, 0.6) is 0 Å². The molecule has 0 heterocycles. The molecule has 0 radical (unpaired) electrons. The summed E-state index contributed by atoms with van der Waals surface area (Å²) in [5, 5.41) is 0. The van der Waals surface area contributed by atoms with Crippen LogP contribution in [0.2, 0.25) is 0 Å². The van der Waals surface area contributed by atoms with Gasteiger partial charge in [-0.25, -0.2) is 0 Å². The van der Waals surface area contributed by atoms with Crippen molar-refractivity contribution in [2.24, 2.45) is 0 Å². The van der Waals surface area contributed by atoms with Crippen molar-refractivity contribution >= 4 is 11.9 Å². The fraction of sp³-hybridized carbons (Fsp3) is 0.636. The van der Waals surface area contributed by atoms with Gasteiger partial charge < -0.3 is 9.64 Å². The normalized spacial score (nSPS) is 9.87. The summed E-state index contributed by atoms with van der Waals surface area (Å²) in [5.41, 5.74) is 0. The molecule has 15 heavy (non-hydrogen) atoms. The van der Waals surface area contributed by atoms with Crippen molar-refractivity contribution in [3.8, 4) is 0 Å². The monoisotopic (exact) mass is 213 g/mol. The summed E-state index contributed by atoms with van der Waals surface area (Å²) in [4.78, 5) is 24.3. The SMILES string of the molecule is C=CCC(=O)N(CC(=O)OCC)C(C)C. The minimum atomic E-state index is -0.372. The predicted molar refractivity (Wildman–Crippen MR) is 58.3 cm³/mol. The quantitative estimate of drug-likeness (QED) is 0.494. The first-order chi connectivity index (χ1) is 7.02. The second-order valence-electron chi connectivity index (χ2n) is 3.41. The van der Waals surface area contributed by atoms with E-state index in [0.717, 1.165) is 0 Å². The Labute approximate surface area is 90.9 Å². The highest BCUT2D eigenvalue weighted by molar-refractivity contribution is 5.83. The van der Waals surface area contributed by atoms with Gasteiger partial charge in [0, 0.05) is 12.5 Å². The Morgan fingerprint density at radius 1 is 1.47 bits per heavy atom. The number of hydrogen-bond acceptors (Lipinski definition) is 3. The summed E-state index contributed by atoms with van der Waals surface area (Å²) in [6.07, 6.45) is 1.78. The first kappa shape index (κ1) is 13.7. The zero-order chi connectivity index (χ0) is 11.8. The van der Waals surface area contributed by atoms with Gasteiger partial charge in [0.15, 0.2) is 0 Å². The Bertz CT molecular complexity index is 236.